The molecular formula is C12H7BrF2N4. The highest BCUT2D eigenvalue weighted by Gasteiger charge is 2.11. The molecule has 1 aromatic heterocycles. The molecule has 3 N–H and O–H groups in total. The first kappa shape index (κ1) is 13.2. The summed E-state index contributed by atoms with van der Waals surface area (Å²) in [7, 11) is 0. The van der Waals surface area contributed by atoms with Gasteiger partial charge in [0.1, 0.15) is 0 Å². The fourth-order valence-electron chi connectivity index (χ4n) is 1.38. The number of nitrogens with one attached hydrogen (secondary N) is 1. The van der Waals surface area contributed by atoms with E-state index in [9.17, 15) is 8.78 Å². The van der Waals surface area contributed by atoms with Crippen molar-refractivity contribution in [3.05, 3.63) is 45.9 Å². The standard InChI is InChI=1S/C12H7BrF2N4/c13-7-3-6(5-16)1-2-10(7)18-12-9(15)4-8(14)11(17)19-12/h1-4H,(H3,17,18,19). The second-order valence-corrected chi connectivity index (χ2v) is 4.47. The highest BCUT2D eigenvalue weighted by molar-refractivity contribution is 9.10. The van der Waals surface area contributed by atoms with E-state index in [1.165, 1.54) is 0 Å². The summed E-state index contributed by atoms with van der Waals surface area (Å²) in [6.07, 6.45) is 0. The molecule has 0 fully saturated rings. The topological polar surface area (TPSA) is 74.7 Å². The van der Waals surface area contributed by atoms with Crippen molar-refractivity contribution in [1.29, 1.82) is 5.26 Å². The van der Waals surface area contributed by atoms with Gasteiger partial charge in [-0.05, 0) is 34.1 Å². The minimum atomic E-state index is -0.915. The summed E-state index contributed by atoms with van der Waals surface area (Å²) in [6, 6.07) is 7.31. The van der Waals surface area contributed by atoms with Gasteiger partial charge in [0.2, 0.25) is 0 Å². The van der Waals surface area contributed by atoms with Crippen LogP contribution in [0.3, 0.4) is 0 Å². The molecule has 1 aromatic carbocycles. The Labute approximate surface area is 116 Å². The third-order valence-corrected chi connectivity index (χ3v) is 2.96. The number of nitrogens with two attached hydrogens (primary N) is 1. The predicted octanol–water partition coefficient (Wildman–Crippen LogP) is 3.32. The molecule has 0 unspecified atom stereocenters. The number of anilines is 3. The van der Waals surface area contributed by atoms with E-state index in [1.807, 2.05) is 6.07 Å². The molecule has 96 valence electrons. The number of rotatable bonds is 2. The molecule has 0 saturated carbocycles. The molecule has 1 heterocycles. The number of halogens is 3. The maximum Gasteiger partial charge on any atom is 0.169 e. The number of nitrogens with zero attached hydrogens (tertiary/aromatic N) is 2. The van der Waals surface area contributed by atoms with Crippen LogP contribution in [0, 0.1) is 23.0 Å². The fraction of sp³-hybridized carbons (Fsp3) is 0. The van der Waals surface area contributed by atoms with E-state index in [4.69, 9.17) is 11.0 Å². The maximum absolute atomic E-state index is 13.5. The van der Waals surface area contributed by atoms with E-state index < -0.39 is 17.5 Å². The largest absolute Gasteiger partial charge is 0.381 e. The molecule has 0 radical (unpaired) electrons. The van der Waals surface area contributed by atoms with E-state index in [-0.39, 0.29) is 5.82 Å². The van der Waals surface area contributed by atoms with E-state index in [0.29, 0.717) is 21.8 Å². The molecule has 19 heavy (non-hydrogen) atoms. The number of nitrogen functional groups attached to an aromatic ring is 1. The SMILES string of the molecule is N#Cc1ccc(Nc2nc(N)c(F)cc2F)c(Br)c1. The maximum atomic E-state index is 13.5. The van der Waals surface area contributed by atoms with Gasteiger partial charge in [-0.2, -0.15) is 5.26 Å². The monoisotopic (exact) mass is 324 g/mol. The summed E-state index contributed by atoms with van der Waals surface area (Å²) < 4.78 is 27.0. The van der Waals surface area contributed by atoms with Gasteiger partial charge in [-0.3, -0.25) is 0 Å². The summed E-state index contributed by atoms with van der Waals surface area (Å²) in [5, 5.41) is 11.4. The van der Waals surface area contributed by atoms with E-state index >= 15 is 0 Å². The van der Waals surface area contributed by atoms with Crippen molar-refractivity contribution in [2.75, 3.05) is 11.1 Å². The Morgan fingerprint density at radius 1 is 1.26 bits per heavy atom. The van der Waals surface area contributed by atoms with Crippen molar-refractivity contribution in [3.8, 4) is 6.07 Å². The minimum absolute atomic E-state index is 0.190. The normalized spacial score (nSPS) is 10.0. The molecule has 0 amide bonds. The predicted molar refractivity (Wildman–Crippen MR) is 70.7 cm³/mol. The van der Waals surface area contributed by atoms with Crippen molar-refractivity contribution in [2.24, 2.45) is 0 Å². The smallest absolute Gasteiger partial charge is 0.169 e. The van der Waals surface area contributed by atoms with Gasteiger partial charge in [-0.1, -0.05) is 0 Å². The number of nitriles is 1. The van der Waals surface area contributed by atoms with Gasteiger partial charge in [-0.15, -0.1) is 0 Å². The Bertz CT molecular complexity index is 682. The molecule has 7 heteroatoms. The number of benzene rings is 1. The summed E-state index contributed by atoms with van der Waals surface area (Å²) in [4.78, 5) is 3.58. The highest BCUT2D eigenvalue weighted by atomic mass is 79.9. The van der Waals surface area contributed by atoms with Crippen LogP contribution in [0.2, 0.25) is 0 Å². The first-order valence-corrected chi connectivity index (χ1v) is 5.88. The van der Waals surface area contributed by atoms with Crippen LogP contribution in [0.25, 0.3) is 0 Å². The van der Waals surface area contributed by atoms with Gasteiger partial charge in [0, 0.05) is 10.5 Å². The third-order valence-electron chi connectivity index (χ3n) is 2.31. The number of hydrogen-bond acceptors (Lipinski definition) is 4. The Kier molecular flexibility index (Phi) is 3.62. The minimum Gasteiger partial charge on any atom is -0.381 e. The van der Waals surface area contributed by atoms with E-state index in [2.05, 4.69) is 26.2 Å². The third kappa shape index (κ3) is 2.80. The van der Waals surface area contributed by atoms with Gasteiger partial charge in [0.15, 0.2) is 23.3 Å². The summed E-state index contributed by atoms with van der Waals surface area (Å²) >= 11 is 3.23. The lowest BCUT2D eigenvalue weighted by molar-refractivity contribution is 0.581. The lowest BCUT2D eigenvalue weighted by atomic mass is 10.2. The van der Waals surface area contributed by atoms with Gasteiger partial charge in [0.05, 0.1) is 17.3 Å². The molecule has 2 aromatic rings. The zero-order chi connectivity index (χ0) is 14.0. The summed E-state index contributed by atoms with van der Waals surface area (Å²) in [5.41, 5.74) is 6.21. The zero-order valence-corrected chi connectivity index (χ0v) is 11.0. The van der Waals surface area contributed by atoms with Crippen LogP contribution in [-0.2, 0) is 0 Å². The number of pyridine rings is 1. The van der Waals surface area contributed by atoms with Crippen molar-refractivity contribution >= 4 is 33.3 Å². The highest BCUT2D eigenvalue weighted by Crippen LogP contribution is 2.28. The Balaban J connectivity index is 2.37. The van der Waals surface area contributed by atoms with Gasteiger partial charge in [-0.25, -0.2) is 13.8 Å². The second-order valence-electron chi connectivity index (χ2n) is 3.62. The molecule has 0 bridgehead atoms. The van der Waals surface area contributed by atoms with Crippen LogP contribution in [0.1, 0.15) is 5.56 Å². The molecule has 4 nitrogen and oxygen atoms in total. The van der Waals surface area contributed by atoms with Gasteiger partial charge in [0.25, 0.3) is 0 Å². The first-order valence-electron chi connectivity index (χ1n) is 5.09. The van der Waals surface area contributed by atoms with Crippen molar-refractivity contribution in [2.45, 2.75) is 0 Å². The number of hydrogen-bond donors (Lipinski definition) is 2. The fourth-order valence-corrected chi connectivity index (χ4v) is 1.86. The van der Waals surface area contributed by atoms with Crippen molar-refractivity contribution in [3.63, 3.8) is 0 Å². The van der Waals surface area contributed by atoms with E-state index in [0.717, 1.165) is 0 Å². The first-order chi connectivity index (χ1) is 9.01. The molecule has 2 rings (SSSR count). The lowest BCUT2D eigenvalue weighted by Crippen LogP contribution is -2.03. The Morgan fingerprint density at radius 3 is 2.63 bits per heavy atom. The van der Waals surface area contributed by atoms with Crippen LogP contribution in [0.15, 0.2) is 28.7 Å². The average Bonchev–Trinajstić information content (AvgIpc) is 2.38. The Hall–Kier alpha value is -2.20. The molecule has 0 aliphatic heterocycles. The lowest BCUT2D eigenvalue weighted by Gasteiger charge is -2.09. The van der Waals surface area contributed by atoms with Crippen LogP contribution >= 0.6 is 15.9 Å². The number of aromatic nitrogens is 1. The zero-order valence-electron chi connectivity index (χ0n) is 9.42. The summed E-state index contributed by atoms with van der Waals surface area (Å²) in [5.74, 6) is -2.36. The molecule has 0 atom stereocenters. The van der Waals surface area contributed by atoms with Crippen molar-refractivity contribution in [1.82, 2.24) is 4.98 Å². The van der Waals surface area contributed by atoms with Gasteiger partial charge < -0.3 is 11.1 Å². The van der Waals surface area contributed by atoms with Crippen LogP contribution in [0.5, 0.6) is 0 Å². The Morgan fingerprint density at radius 2 is 2.00 bits per heavy atom. The average molecular weight is 325 g/mol. The van der Waals surface area contributed by atoms with Crippen LogP contribution in [-0.4, -0.2) is 4.98 Å². The molecule has 0 saturated heterocycles. The molecular weight excluding hydrogens is 318 g/mol. The molecule has 0 aliphatic carbocycles. The van der Waals surface area contributed by atoms with Crippen LogP contribution in [0.4, 0.5) is 26.1 Å². The quantitative estimate of drug-likeness (QED) is 0.888. The molecule has 0 aliphatic rings. The summed E-state index contributed by atoms with van der Waals surface area (Å²) in [6.45, 7) is 0. The van der Waals surface area contributed by atoms with Gasteiger partial charge >= 0.3 is 0 Å². The van der Waals surface area contributed by atoms with Crippen molar-refractivity contribution < 1.29 is 8.78 Å². The van der Waals surface area contributed by atoms with Crippen LogP contribution < -0.4 is 11.1 Å². The second kappa shape index (κ2) is 5.20. The van der Waals surface area contributed by atoms with E-state index in [1.54, 1.807) is 18.2 Å². The molecule has 0 spiro atoms.